The van der Waals surface area contributed by atoms with Gasteiger partial charge in [0.05, 0.1) is 0 Å². The van der Waals surface area contributed by atoms with Crippen LogP contribution in [-0.2, 0) is 24.0 Å². The van der Waals surface area contributed by atoms with Crippen molar-refractivity contribution in [3.63, 3.8) is 0 Å². The van der Waals surface area contributed by atoms with Gasteiger partial charge >= 0.3 is 8.80 Å². The molecule has 1 unspecified atom stereocenters. The fourth-order valence-electron chi connectivity index (χ4n) is 5.88. The SMILES string of the molecule is CCCCCCCCCCCCCCCCCCC(C)(Br)c1ccccc1CCC[Si](OCC)(OCC)OCC. The van der Waals surface area contributed by atoms with Gasteiger partial charge in [-0.25, -0.2) is 0 Å². The molecule has 0 saturated heterocycles. The van der Waals surface area contributed by atoms with Crippen LogP contribution in [0.1, 0.15) is 161 Å². The van der Waals surface area contributed by atoms with E-state index in [0.29, 0.717) is 19.8 Å². The van der Waals surface area contributed by atoms with E-state index in [1.165, 1.54) is 120 Å². The van der Waals surface area contributed by atoms with Gasteiger partial charge in [0.1, 0.15) is 0 Å². The molecule has 0 heterocycles. The van der Waals surface area contributed by atoms with E-state index in [-0.39, 0.29) is 4.32 Å². The maximum Gasteiger partial charge on any atom is 0.500 e. The molecule has 234 valence electrons. The first-order valence-electron chi connectivity index (χ1n) is 17.1. The average molecular weight is 642 g/mol. The van der Waals surface area contributed by atoms with E-state index in [0.717, 1.165) is 18.9 Å². The summed E-state index contributed by atoms with van der Waals surface area (Å²) in [6.07, 6.45) is 25.9. The van der Waals surface area contributed by atoms with Crippen molar-refractivity contribution in [2.45, 2.75) is 167 Å². The number of halogens is 1. The van der Waals surface area contributed by atoms with E-state index in [1.54, 1.807) is 0 Å². The van der Waals surface area contributed by atoms with E-state index in [4.69, 9.17) is 13.3 Å². The van der Waals surface area contributed by atoms with Crippen LogP contribution in [0.4, 0.5) is 0 Å². The third kappa shape index (κ3) is 17.0. The van der Waals surface area contributed by atoms with Crippen LogP contribution in [0.5, 0.6) is 0 Å². The molecule has 0 bridgehead atoms. The Morgan fingerprint density at radius 1 is 0.600 bits per heavy atom. The molecule has 0 fully saturated rings. The van der Waals surface area contributed by atoms with Gasteiger partial charge in [0, 0.05) is 30.2 Å². The molecule has 1 aromatic rings. The van der Waals surface area contributed by atoms with Gasteiger partial charge in [0.15, 0.2) is 0 Å². The van der Waals surface area contributed by atoms with Crippen molar-refractivity contribution in [3.8, 4) is 0 Å². The summed E-state index contributed by atoms with van der Waals surface area (Å²) >= 11 is 4.13. The van der Waals surface area contributed by atoms with Crippen LogP contribution in [0, 0.1) is 0 Å². The first kappa shape index (κ1) is 37.8. The lowest BCUT2D eigenvalue weighted by Gasteiger charge is -2.29. The Morgan fingerprint density at radius 2 is 1.02 bits per heavy atom. The van der Waals surface area contributed by atoms with Crippen molar-refractivity contribution in [2.24, 2.45) is 0 Å². The Kier molecular flexibility index (Phi) is 22.9. The van der Waals surface area contributed by atoms with Crippen LogP contribution in [0.2, 0.25) is 6.04 Å². The number of hydrogen-bond donors (Lipinski definition) is 0. The second kappa shape index (κ2) is 24.3. The summed E-state index contributed by atoms with van der Waals surface area (Å²) in [5, 5.41) is 0. The smallest absolute Gasteiger partial charge is 0.374 e. The minimum Gasteiger partial charge on any atom is -0.374 e. The highest BCUT2D eigenvalue weighted by molar-refractivity contribution is 9.09. The van der Waals surface area contributed by atoms with Crippen LogP contribution in [0.3, 0.4) is 0 Å². The summed E-state index contributed by atoms with van der Waals surface area (Å²) in [5.41, 5.74) is 2.87. The van der Waals surface area contributed by atoms with Crippen LogP contribution in [0.25, 0.3) is 0 Å². The quantitative estimate of drug-likeness (QED) is 0.0518. The van der Waals surface area contributed by atoms with E-state index in [9.17, 15) is 0 Å². The van der Waals surface area contributed by atoms with Gasteiger partial charge in [-0.05, 0) is 58.1 Å². The predicted octanol–water partition coefficient (Wildman–Crippen LogP) is 11.9. The molecular weight excluding hydrogens is 576 g/mol. The Morgan fingerprint density at radius 3 is 1.48 bits per heavy atom. The summed E-state index contributed by atoms with van der Waals surface area (Å²) in [6, 6.07) is 9.85. The molecule has 0 aliphatic rings. The van der Waals surface area contributed by atoms with Gasteiger partial charge in [0.2, 0.25) is 0 Å². The molecule has 3 nitrogen and oxygen atoms in total. The van der Waals surface area contributed by atoms with Crippen molar-refractivity contribution >= 4 is 24.7 Å². The minimum absolute atomic E-state index is 0.0217. The van der Waals surface area contributed by atoms with Crippen molar-refractivity contribution in [3.05, 3.63) is 35.4 Å². The van der Waals surface area contributed by atoms with Gasteiger partial charge in [-0.2, -0.15) is 0 Å². The molecule has 1 atom stereocenters. The summed E-state index contributed by atoms with van der Waals surface area (Å²) in [6.45, 7) is 12.7. The highest BCUT2D eigenvalue weighted by atomic mass is 79.9. The highest BCUT2D eigenvalue weighted by Crippen LogP contribution is 2.39. The maximum atomic E-state index is 6.07. The molecule has 0 spiro atoms. The number of aryl methyl sites for hydroxylation is 1. The molecule has 0 N–H and O–H groups in total. The number of benzene rings is 1. The van der Waals surface area contributed by atoms with Crippen molar-refractivity contribution < 1.29 is 13.3 Å². The Labute approximate surface area is 259 Å². The fourth-order valence-corrected chi connectivity index (χ4v) is 9.16. The third-order valence-corrected chi connectivity index (χ3v) is 12.1. The van der Waals surface area contributed by atoms with E-state index in [2.05, 4.69) is 54.0 Å². The molecule has 0 amide bonds. The highest BCUT2D eigenvalue weighted by Gasteiger charge is 2.39. The topological polar surface area (TPSA) is 27.7 Å². The molecule has 1 aromatic carbocycles. The van der Waals surface area contributed by atoms with Gasteiger partial charge in [-0.3, -0.25) is 0 Å². The molecule has 0 aliphatic carbocycles. The lowest BCUT2D eigenvalue weighted by Crippen LogP contribution is -2.46. The van der Waals surface area contributed by atoms with E-state index < -0.39 is 8.80 Å². The van der Waals surface area contributed by atoms with Crippen LogP contribution in [0.15, 0.2) is 24.3 Å². The molecule has 40 heavy (non-hydrogen) atoms. The van der Waals surface area contributed by atoms with Crippen molar-refractivity contribution in [2.75, 3.05) is 19.8 Å². The lowest BCUT2D eigenvalue weighted by atomic mass is 9.89. The standard InChI is InChI=1S/C35H65BrO3Si/c1-6-10-11-12-13-14-15-16-17-18-19-20-21-22-23-26-31-35(5,36)34-30-25-24-28-33(34)29-27-32-40(37-7-2,38-8-3)39-9-4/h24-25,28,30H,6-23,26-27,29,31-32H2,1-5H3. The summed E-state index contributed by atoms with van der Waals surface area (Å²) in [7, 11) is -2.58. The zero-order chi connectivity index (χ0) is 29.4. The zero-order valence-electron chi connectivity index (χ0n) is 27.2. The molecule has 1 rings (SSSR count). The number of rotatable bonds is 28. The summed E-state index contributed by atoms with van der Waals surface area (Å²) in [4.78, 5) is 0. The Hall–Kier alpha value is -0.203. The number of alkyl halides is 1. The minimum atomic E-state index is -2.58. The molecule has 0 radical (unpaired) electrons. The zero-order valence-corrected chi connectivity index (χ0v) is 29.8. The van der Waals surface area contributed by atoms with Gasteiger partial charge in [-0.15, -0.1) is 0 Å². The molecule has 5 heteroatoms. The Bertz CT molecular complexity index is 695. The van der Waals surface area contributed by atoms with Gasteiger partial charge < -0.3 is 13.3 Å². The average Bonchev–Trinajstić information content (AvgIpc) is 2.93. The van der Waals surface area contributed by atoms with E-state index >= 15 is 0 Å². The summed E-state index contributed by atoms with van der Waals surface area (Å²) in [5.74, 6) is 0. The Balaban J connectivity index is 2.28. The summed E-state index contributed by atoms with van der Waals surface area (Å²) < 4.78 is 18.2. The van der Waals surface area contributed by atoms with Crippen molar-refractivity contribution in [1.29, 1.82) is 0 Å². The number of hydrogen-bond acceptors (Lipinski definition) is 3. The van der Waals surface area contributed by atoms with Gasteiger partial charge in [-0.1, -0.05) is 150 Å². The monoisotopic (exact) mass is 640 g/mol. The lowest BCUT2D eigenvalue weighted by molar-refractivity contribution is 0.0708. The van der Waals surface area contributed by atoms with Crippen LogP contribution >= 0.6 is 15.9 Å². The molecule has 0 saturated carbocycles. The first-order valence-corrected chi connectivity index (χ1v) is 19.9. The predicted molar refractivity (Wildman–Crippen MR) is 181 cm³/mol. The normalized spacial score (nSPS) is 13.6. The largest absolute Gasteiger partial charge is 0.500 e. The second-order valence-electron chi connectivity index (χ2n) is 11.7. The molecular formula is C35H65BrO3Si. The third-order valence-electron chi connectivity index (χ3n) is 8.10. The second-order valence-corrected chi connectivity index (χ2v) is 16.2. The van der Waals surface area contributed by atoms with Crippen molar-refractivity contribution in [1.82, 2.24) is 0 Å². The van der Waals surface area contributed by atoms with Crippen LogP contribution in [-0.4, -0.2) is 28.6 Å². The first-order chi connectivity index (χ1) is 19.4. The van der Waals surface area contributed by atoms with E-state index in [1.807, 2.05) is 20.8 Å². The maximum absolute atomic E-state index is 6.07. The van der Waals surface area contributed by atoms with Crippen LogP contribution < -0.4 is 0 Å². The fraction of sp³-hybridized carbons (Fsp3) is 0.829. The molecule has 0 aromatic heterocycles. The molecule has 0 aliphatic heterocycles. The number of unbranched alkanes of at least 4 members (excludes halogenated alkanes) is 15. The van der Waals surface area contributed by atoms with Gasteiger partial charge in [0.25, 0.3) is 0 Å².